The van der Waals surface area contributed by atoms with E-state index in [0.717, 1.165) is 17.6 Å². The second kappa shape index (κ2) is 6.69. The van der Waals surface area contributed by atoms with Crippen molar-refractivity contribution in [1.29, 1.82) is 0 Å². The number of nitrogens with zero attached hydrogens (tertiary/aromatic N) is 1. The van der Waals surface area contributed by atoms with Gasteiger partial charge in [0.05, 0.1) is 0 Å². The largest absolute Gasteiger partial charge is 0.313 e. The fraction of sp³-hybridized carbons (Fsp3) is 0.600. The molecule has 1 saturated heterocycles. The molecule has 0 bridgehead atoms. The lowest BCUT2D eigenvalue weighted by Crippen LogP contribution is -2.39. The van der Waals surface area contributed by atoms with Gasteiger partial charge in [-0.25, -0.2) is 0 Å². The SMILES string of the molecule is CC(C)NCC1CCCN1Cc1ccc(Br)cc1. The number of hydrogen-bond donors (Lipinski definition) is 1. The van der Waals surface area contributed by atoms with Crippen LogP contribution >= 0.6 is 15.9 Å². The summed E-state index contributed by atoms with van der Waals surface area (Å²) in [6, 6.07) is 9.99. The zero-order valence-corrected chi connectivity index (χ0v) is 12.9. The van der Waals surface area contributed by atoms with Gasteiger partial charge in [0.15, 0.2) is 0 Å². The summed E-state index contributed by atoms with van der Waals surface area (Å²) in [6.07, 6.45) is 2.66. The number of benzene rings is 1. The molecule has 0 amide bonds. The molecule has 1 heterocycles. The minimum atomic E-state index is 0.583. The van der Waals surface area contributed by atoms with Crippen LogP contribution in [0.15, 0.2) is 28.7 Å². The smallest absolute Gasteiger partial charge is 0.0237 e. The molecule has 1 atom stereocenters. The first kappa shape index (κ1) is 14.0. The number of nitrogens with one attached hydrogen (secondary N) is 1. The van der Waals surface area contributed by atoms with Crippen LogP contribution in [0.3, 0.4) is 0 Å². The quantitative estimate of drug-likeness (QED) is 0.896. The van der Waals surface area contributed by atoms with Crippen LogP contribution < -0.4 is 5.32 Å². The van der Waals surface area contributed by atoms with Gasteiger partial charge >= 0.3 is 0 Å². The summed E-state index contributed by atoms with van der Waals surface area (Å²) in [7, 11) is 0. The van der Waals surface area contributed by atoms with E-state index in [9.17, 15) is 0 Å². The van der Waals surface area contributed by atoms with Crippen molar-refractivity contribution in [3.8, 4) is 0 Å². The van der Waals surface area contributed by atoms with E-state index in [4.69, 9.17) is 0 Å². The second-order valence-electron chi connectivity index (χ2n) is 5.46. The molecule has 1 aromatic rings. The zero-order chi connectivity index (χ0) is 13.0. The van der Waals surface area contributed by atoms with Crippen LogP contribution in [0.4, 0.5) is 0 Å². The molecule has 0 radical (unpaired) electrons. The number of likely N-dealkylation sites (tertiary alicyclic amines) is 1. The molecule has 0 aliphatic carbocycles. The summed E-state index contributed by atoms with van der Waals surface area (Å²) >= 11 is 3.49. The third-order valence-electron chi connectivity index (χ3n) is 3.56. The Bertz CT molecular complexity index is 361. The third-order valence-corrected chi connectivity index (χ3v) is 4.09. The van der Waals surface area contributed by atoms with Gasteiger partial charge in [-0.3, -0.25) is 4.90 Å². The molecule has 0 saturated carbocycles. The van der Waals surface area contributed by atoms with Crippen molar-refractivity contribution in [3.05, 3.63) is 34.3 Å². The van der Waals surface area contributed by atoms with E-state index in [1.807, 2.05) is 0 Å². The lowest BCUT2D eigenvalue weighted by atomic mass is 10.1. The van der Waals surface area contributed by atoms with Crippen molar-refractivity contribution in [2.45, 2.75) is 45.3 Å². The Kier molecular flexibility index (Phi) is 5.22. The van der Waals surface area contributed by atoms with Gasteiger partial charge in [0.25, 0.3) is 0 Å². The van der Waals surface area contributed by atoms with E-state index >= 15 is 0 Å². The van der Waals surface area contributed by atoms with Crippen LogP contribution in [0.2, 0.25) is 0 Å². The van der Waals surface area contributed by atoms with Crippen molar-refractivity contribution in [3.63, 3.8) is 0 Å². The normalized spacial score (nSPS) is 20.8. The molecule has 18 heavy (non-hydrogen) atoms. The van der Waals surface area contributed by atoms with E-state index in [1.54, 1.807) is 0 Å². The average molecular weight is 311 g/mol. The van der Waals surface area contributed by atoms with Crippen molar-refractivity contribution in [1.82, 2.24) is 10.2 Å². The van der Waals surface area contributed by atoms with Gasteiger partial charge in [-0.1, -0.05) is 41.9 Å². The molecule has 1 unspecified atom stereocenters. The predicted molar refractivity (Wildman–Crippen MR) is 80.7 cm³/mol. The standard InChI is InChI=1S/C15H23BrN2/c1-12(2)17-10-15-4-3-9-18(15)11-13-5-7-14(16)8-6-13/h5-8,12,15,17H,3-4,9-11H2,1-2H3. The zero-order valence-electron chi connectivity index (χ0n) is 11.3. The van der Waals surface area contributed by atoms with Crippen molar-refractivity contribution < 1.29 is 0 Å². The minimum absolute atomic E-state index is 0.583. The molecular formula is C15H23BrN2. The highest BCUT2D eigenvalue weighted by atomic mass is 79.9. The van der Waals surface area contributed by atoms with Crippen molar-refractivity contribution in [2.75, 3.05) is 13.1 Å². The number of rotatable bonds is 5. The Hall–Kier alpha value is -0.380. The highest BCUT2D eigenvalue weighted by Crippen LogP contribution is 2.20. The molecule has 1 fully saturated rings. The molecule has 0 aromatic heterocycles. The summed E-state index contributed by atoms with van der Waals surface area (Å²) in [6.45, 7) is 7.87. The summed E-state index contributed by atoms with van der Waals surface area (Å²) < 4.78 is 1.16. The highest BCUT2D eigenvalue weighted by molar-refractivity contribution is 9.10. The third kappa shape index (κ3) is 4.08. The van der Waals surface area contributed by atoms with Crippen LogP contribution in [0.1, 0.15) is 32.3 Å². The van der Waals surface area contributed by atoms with Gasteiger partial charge in [-0.2, -0.15) is 0 Å². The first-order chi connectivity index (χ1) is 8.65. The summed E-state index contributed by atoms with van der Waals surface area (Å²) in [4.78, 5) is 2.61. The Balaban J connectivity index is 1.89. The molecule has 3 heteroatoms. The van der Waals surface area contributed by atoms with Gasteiger partial charge in [-0.05, 0) is 37.1 Å². The van der Waals surface area contributed by atoms with E-state index in [1.165, 1.54) is 24.9 Å². The number of hydrogen-bond acceptors (Lipinski definition) is 2. The molecular weight excluding hydrogens is 288 g/mol. The van der Waals surface area contributed by atoms with E-state index < -0.39 is 0 Å². The van der Waals surface area contributed by atoms with Crippen LogP contribution in [0, 0.1) is 0 Å². The Morgan fingerprint density at radius 1 is 1.33 bits per heavy atom. The van der Waals surface area contributed by atoms with Gasteiger partial charge in [0, 0.05) is 29.6 Å². The van der Waals surface area contributed by atoms with Crippen LogP contribution in [0.5, 0.6) is 0 Å². The topological polar surface area (TPSA) is 15.3 Å². The molecule has 1 aliphatic heterocycles. The lowest BCUT2D eigenvalue weighted by molar-refractivity contribution is 0.236. The lowest BCUT2D eigenvalue weighted by Gasteiger charge is -2.25. The van der Waals surface area contributed by atoms with Crippen molar-refractivity contribution >= 4 is 15.9 Å². The van der Waals surface area contributed by atoms with E-state index in [-0.39, 0.29) is 0 Å². The first-order valence-corrected chi connectivity index (χ1v) is 7.66. The Labute approximate surface area is 119 Å². The average Bonchev–Trinajstić information content (AvgIpc) is 2.77. The van der Waals surface area contributed by atoms with E-state index in [0.29, 0.717) is 12.1 Å². The molecule has 1 N–H and O–H groups in total. The Morgan fingerprint density at radius 3 is 2.72 bits per heavy atom. The maximum absolute atomic E-state index is 3.56. The van der Waals surface area contributed by atoms with Gasteiger partial charge in [0.2, 0.25) is 0 Å². The maximum atomic E-state index is 3.56. The molecule has 1 aliphatic rings. The first-order valence-electron chi connectivity index (χ1n) is 6.87. The predicted octanol–water partition coefficient (Wildman–Crippen LogP) is 3.41. The monoisotopic (exact) mass is 310 g/mol. The van der Waals surface area contributed by atoms with Crippen molar-refractivity contribution in [2.24, 2.45) is 0 Å². The maximum Gasteiger partial charge on any atom is 0.0237 e. The van der Waals surface area contributed by atoms with E-state index in [2.05, 4.69) is 64.3 Å². The van der Waals surface area contributed by atoms with Crippen LogP contribution in [0.25, 0.3) is 0 Å². The highest BCUT2D eigenvalue weighted by Gasteiger charge is 2.24. The molecule has 2 nitrogen and oxygen atoms in total. The molecule has 100 valence electrons. The van der Waals surface area contributed by atoms with Gasteiger partial charge < -0.3 is 5.32 Å². The van der Waals surface area contributed by atoms with Gasteiger partial charge in [0.1, 0.15) is 0 Å². The fourth-order valence-corrected chi connectivity index (χ4v) is 2.79. The minimum Gasteiger partial charge on any atom is -0.313 e. The summed E-state index contributed by atoms with van der Waals surface area (Å²) in [5.41, 5.74) is 1.41. The summed E-state index contributed by atoms with van der Waals surface area (Å²) in [5.74, 6) is 0. The Morgan fingerprint density at radius 2 is 2.06 bits per heavy atom. The molecule has 2 rings (SSSR count). The van der Waals surface area contributed by atoms with Crippen LogP contribution in [-0.4, -0.2) is 30.1 Å². The molecule has 0 spiro atoms. The molecule has 1 aromatic carbocycles. The second-order valence-corrected chi connectivity index (χ2v) is 6.37. The summed E-state index contributed by atoms with van der Waals surface area (Å²) in [5, 5.41) is 3.56. The van der Waals surface area contributed by atoms with Crippen LogP contribution in [-0.2, 0) is 6.54 Å². The number of halogens is 1. The fourth-order valence-electron chi connectivity index (χ4n) is 2.53. The van der Waals surface area contributed by atoms with Gasteiger partial charge in [-0.15, -0.1) is 0 Å².